The van der Waals surface area contributed by atoms with E-state index in [0.717, 1.165) is 5.56 Å². The van der Waals surface area contributed by atoms with Crippen LogP contribution >= 0.6 is 0 Å². The van der Waals surface area contributed by atoms with Gasteiger partial charge in [-0.3, -0.25) is 9.79 Å². The molecule has 1 aromatic carbocycles. The summed E-state index contributed by atoms with van der Waals surface area (Å²) in [4.78, 5) is 15.9. The van der Waals surface area contributed by atoms with Gasteiger partial charge in [0.2, 0.25) is 0 Å². The lowest BCUT2D eigenvalue weighted by atomic mass is 9.97. The lowest BCUT2D eigenvalue weighted by Gasteiger charge is -2.18. The molecule has 0 bridgehead atoms. The molecule has 1 unspecified atom stereocenters. The largest absolute Gasteiger partial charge is 0.862 e. The van der Waals surface area contributed by atoms with Gasteiger partial charge in [0.1, 0.15) is 0 Å². The molecule has 110 valence electrons. The van der Waals surface area contributed by atoms with Crippen LogP contribution in [0.3, 0.4) is 0 Å². The molecule has 0 aromatic heterocycles. The fraction of sp³-hybridized carbons (Fsp3) is 0.500. The normalized spacial score (nSPS) is 13.9. The first-order valence-corrected chi connectivity index (χ1v) is 6.78. The molecule has 1 aromatic rings. The van der Waals surface area contributed by atoms with Crippen LogP contribution in [0.25, 0.3) is 0 Å². The van der Waals surface area contributed by atoms with E-state index in [0.29, 0.717) is 12.1 Å². The second-order valence-corrected chi connectivity index (χ2v) is 6.19. The molecule has 0 aliphatic heterocycles. The third-order valence-corrected chi connectivity index (χ3v) is 2.81. The van der Waals surface area contributed by atoms with E-state index >= 15 is 0 Å². The number of hydrogen-bond donors (Lipinski definition) is 1. The van der Waals surface area contributed by atoms with E-state index < -0.39 is 0 Å². The van der Waals surface area contributed by atoms with Gasteiger partial charge in [-0.05, 0) is 42.9 Å². The summed E-state index contributed by atoms with van der Waals surface area (Å²) in [5.41, 5.74) is 1.60. The van der Waals surface area contributed by atoms with E-state index in [1.807, 2.05) is 19.1 Å². The van der Waals surface area contributed by atoms with Crippen molar-refractivity contribution in [3.63, 3.8) is 0 Å². The molecular formula is C16H23N2O2-. The topological polar surface area (TPSA) is 64.5 Å². The number of carbonyl (C=O) groups excluding carboxylic acids is 1. The van der Waals surface area contributed by atoms with Crippen molar-refractivity contribution in [1.82, 2.24) is 5.32 Å². The number of hydrogen-bond acceptors (Lipinski definition) is 3. The fourth-order valence-electron chi connectivity index (χ4n) is 1.71. The Morgan fingerprint density at radius 2 is 1.85 bits per heavy atom. The standard InChI is InChI=1S/C16H24N2O2/c1-11(18-12(2)19)13-6-8-14(9-7-13)15(20)17-10-16(3,4)5/h6-9,11H,10H2,1-5H3,(H,17,20)(H,18,19)/p-1. The number of benzene rings is 1. The van der Waals surface area contributed by atoms with Crippen molar-refractivity contribution in [2.45, 2.75) is 40.7 Å². The number of carbonyl (C=O) groups is 1. The maximum atomic E-state index is 12.0. The SMILES string of the molecule is CC([O-])=NC(C)c1ccc(C(=O)NCC(C)(C)C)cc1. The highest BCUT2D eigenvalue weighted by atomic mass is 16.3. The van der Waals surface area contributed by atoms with Gasteiger partial charge in [0, 0.05) is 12.1 Å². The first-order valence-electron chi connectivity index (χ1n) is 6.78. The highest BCUT2D eigenvalue weighted by molar-refractivity contribution is 5.94. The van der Waals surface area contributed by atoms with Gasteiger partial charge in [-0.25, -0.2) is 0 Å². The van der Waals surface area contributed by atoms with E-state index in [-0.39, 0.29) is 23.3 Å². The number of rotatable bonds is 4. The molecule has 0 heterocycles. The Kier molecular flexibility index (Phi) is 5.31. The first kappa shape index (κ1) is 16.2. The molecule has 1 amide bonds. The van der Waals surface area contributed by atoms with E-state index in [1.165, 1.54) is 6.92 Å². The Balaban J connectivity index is 2.71. The van der Waals surface area contributed by atoms with E-state index in [1.54, 1.807) is 12.1 Å². The molecule has 4 nitrogen and oxygen atoms in total. The molecule has 0 fully saturated rings. The van der Waals surface area contributed by atoms with Crippen molar-refractivity contribution >= 4 is 11.8 Å². The monoisotopic (exact) mass is 275 g/mol. The van der Waals surface area contributed by atoms with Crippen LogP contribution < -0.4 is 10.4 Å². The number of nitrogens with zero attached hydrogens (tertiary/aromatic N) is 1. The lowest BCUT2D eigenvalue weighted by molar-refractivity contribution is -0.216. The smallest absolute Gasteiger partial charge is 0.251 e. The maximum Gasteiger partial charge on any atom is 0.251 e. The van der Waals surface area contributed by atoms with Crippen LogP contribution in [0.5, 0.6) is 0 Å². The van der Waals surface area contributed by atoms with Crippen molar-refractivity contribution < 1.29 is 9.90 Å². The molecule has 1 atom stereocenters. The Morgan fingerprint density at radius 1 is 1.30 bits per heavy atom. The molecule has 0 aliphatic rings. The Morgan fingerprint density at radius 3 is 2.30 bits per heavy atom. The number of amides is 1. The van der Waals surface area contributed by atoms with Crippen LogP contribution in [-0.4, -0.2) is 18.3 Å². The predicted octanol–water partition coefficient (Wildman–Crippen LogP) is 2.30. The molecule has 0 spiro atoms. The van der Waals surface area contributed by atoms with Crippen LogP contribution in [0, 0.1) is 5.41 Å². The summed E-state index contributed by atoms with van der Waals surface area (Å²) >= 11 is 0. The van der Waals surface area contributed by atoms with Crippen LogP contribution in [0.1, 0.15) is 56.6 Å². The minimum Gasteiger partial charge on any atom is -0.862 e. The van der Waals surface area contributed by atoms with Crippen LogP contribution in [0.2, 0.25) is 0 Å². The van der Waals surface area contributed by atoms with Gasteiger partial charge in [0.25, 0.3) is 5.91 Å². The average molecular weight is 275 g/mol. The fourth-order valence-corrected chi connectivity index (χ4v) is 1.71. The average Bonchev–Trinajstić information content (AvgIpc) is 2.34. The molecule has 0 saturated carbocycles. The Hall–Kier alpha value is -1.84. The summed E-state index contributed by atoms with van der Waals surface area (Å²) < 4.78 is 0. The lowest BCUT2D eigenvalue weighted by Crippen LogP contribution is -2.32. The quantitative estimate of drug-likeness (QED) is 0.677. The van der Waals surface area contributed by atoms with Gasteiger partial charge in [-0.15, -0.1) is 0 Å². The summed E-state index contributed by atoms with van der Waals surface area (Å²) in [6.07, 6.45) is 0. The highest BCUT2D eigenvalue weighted by Crippen LogP contribution is 2.17. The molecule has 20 heavy (non-hydrogen) atoms. The number of nitrogens with one attached hydrogen (secondary N) is 1. The second-order valence-electron chi connectivity index (χ2n) is 6.19. The van der Waals surface area contributed by atoms with Crippen LogP contribution in [0.4, 0.5) is 0 Å². The van der Waals surface area contributed by atoms with Crippen molar-refractivity contribution in [2.75, 3.05) is 6.54 Å². The van der Waals surface area contributed by atoms with Gasteiger partial charge in [0.05, 0.1) is 6.04 Å². The summed E-state index contributed by atoms with van der Waals surface area (Å²) in [7, 11) is 0. The van der Waals surface area contributed by atoms with Gasteiger partial charge in [-0.1, -0.05) is 32.9 Å². The number of aliphatic imine (C=N–C) groups is 1. The zero-order valence-electron chi connectivity index (χ0n) is 12.9. The zero-order chi connectivity index (χ0) is 15.3. The Labute approximate surface area is 120 Å². The third kappa shape index (κ3) is 5.43. The van der Waals surface area contributed by atoms with Crippen molar-refractivity contribution in [3.05, 3.63) is 35.4 Å². The Bertz CT molecular complexity index is 480. The minimum absolute atomic E-state index is 0.0600. The second kappa shape index (κ2) is 6.55. The van der Waals surface area contributed by atoms with Crippen LogP contribution in [0.15, 0.2) is 29.3 Å². The summed E-state index contributed by atoms with van der Waals surface area (Å²) in [5.74, 6) is -0.271. The summed E-state index contributed by atoms with van der Waals surface area (Å²) in [6.45, 7) is 10.1. The van der Waals surface area contributed by atoms with E-state index in [2.05, 4.69) is 31.1 Å². The van der Waals surface area contributed by atoms with Gasteiger partial charge < -0.3 is 10.4 Å². The predicted molar refractivity (Wildman–Crippen MR) is 79.8 cm³/mol. The van der Waals surface area contributed by atoms with Crippen LogP contribution in [-0.2, 0) is 0 Å². The highest BCUT2D eigenvalue weighted by Gasteiger charge is 2.13. The maximum absolute atomic E-state index is 12.0. The van der Waals surface area contributed by atoms with E-state index in [4.69, 9.17) is 0 Å². The minimum atomic E-state index is -0.190. The molecule has 0 radical (unpaired) electrons. The summed E-state index contributed by atoms with van der Waals surface area (Å²) in [6, 6.07) is 7.02. The van der Waals surface area contributed by atoms with Crippen molar-refractivity contribution in [1.29, 1.82) is 0 Å². The molecule has 0 aliphatic carbocycles. The van der Waals surface area contributed by atoms with Gasteiger partial charge >= 0.3 is 0 Å². The molecule has 0 saturated heterocycles. The first-order chi connectivity index (χ1) is 9.19. The van der Waals surface area contributed by atoms with Gasteiger partial charge in [0.15, 0.2) is 0 Å². The van der Waals surface area contributed by atoms with E-state index in [9.17, 15) is 9.90 Å². The zero-order valence-corrected chi connectivity index (χ0v) is 12.9. The third-order valence-electron chi connectivity index (χ3n) is 2.81. The summed E-state index contributed by atoms with van der Waals surface area (Å²) in [5, 5.41) is 13.9. The molecule has 1 N–H and O–H groups in total. The molecule has 4 heteroatoms. The molecule has 1 rings (SSSR count). The van der Waals surface area contributed by atoms with Crippen molar-refractivity contribution in [3.8, 4) is 0 Å². The van der Waals surface area contributed by atoms with Gasteiger partial charge in [-0.2, -0.15) is 0 Å². The molecular weight excluding hydrogens is 252 g/mol. The van der Waals surface area contributed by atoms with Crippen molar-refractivity contribution in [2.24, 2.45) is 10.4 Å².